The summed E-state index contributed by atoms with van der Waals surface area (Å²) >= 11 is 0. The predicted octanol–water partition coefficient (Wildman–Crippen LogP) is 2.09. The number of anilines is 2. The van der Waals surface area contributed by atoms with Crippen molar-refractivity contribution in [2.45, 2.75) is 27.7 Å². The second kappa shape index (κ2) is 7.08. The Bertz CT molecular complexity index is 779. The number of amides is 1. The zero-order valence-corrected chi connectivity index (χ0v) is 14.1. The predicted molar refractivity (Wildman–Crippen MR) is 90.7 cm³/mol. The highest BCUT2D eigenvalue weighted by molar-refractivity contribution is 5.96. The van der Waals surface area contributed by atoms with Crippen molar-refractivity contribution in [3.05, 3.63) is 46.3 Å². The van der Waals surface area contributed by atoms with Crippen molar-refractivity contribution >= 4 is 23.5 Å². The molecule has 0 radical (unpaired) electrons. The number of carbonyl (C=O) groups excluding carboxylic acids is 2. The number of aromatic nitrogens is 2. The fourth-order valence-electron chi connectivity index (χ4n) is 2.30. The summed E-state index contributed by atoms with van der Waals surface area (Å²) in [5, 5.41) is 2.73. The monoisotopic (exact) mass is 328 g/mol. The molecule has 0 unspecified atom stereocenters. The lowest BCUT2D eigenvalue weighted by molar-refractivity contribution is -0.119. The molecule has 0 fully saturated rings. The SMILES string of the molecule is Cc1ccc(C)c(NC(=O)COC(=O)c2c(C)nc(N)nc2C)c1. The third-order valence-electron chi connectivity index (χ3n) is 3.49. The van der Waals surface area contributed by atoms with Crippen molar-refractivity contribution in [2.75, 3.05) is 17.7 Å². The topological polar surface area (TPSA) is 107 Å². The summed E-state index contributed by atoms with van der Waals surface area (Å²) in [6.45, 7) is 6.70. The summed E-state index contributed by atoms with van der Waals surface area (Å²) < 4.78 is 5.06. The van der Waals surface area contributed by atoms with Gasteiger partial charge >= 0.3 is 5.97 Å². The quantitative estimate of drug-likeness (QED) is 0.832. The van der Waals surface area contributed by atoms with Crippen molar-refractivity contribution < 1.29 is 14.3 Å². The number of esters is 1. The Hall–Kier alpha value is -2.96. The van der Waals surface area contributed by atoms with Crippen LogP contribution in [-0.2, 0) is 9.53 Å². The van der Waals surface area contributed by atoms with Crippen LogP contribution in [-0.4, -0.2) is 28.5 Å². The molecule has 0 aliphatic rings. The zero-order valence-electron chi connectivity index (χ0n) is 14.1. The van der Waals surface area contributed by atoms with Gasteiger partial charge in [-0.3, -0.25) is 4.79 Å². The van der Waals surface area contributed by atoms with E-state index in [0.717, 1.165) is 11.1 Å². The fourth-order valence-corrected chi connectivity index (χ4v) is 2.30. The summed E-state index contributed by atoms with van der Waals surface area (Å²) in [5.41, 5.74) is 9.23. The first-order valence-electron chi connectivity index (χ1n) is 7.43. The van der Waals surface area contributed by atoms with Crippen molar-refractivity contribution in [1.82, 2.24) is 9.97 Å². The smallest absolute Gasteiger partial charge is 0.342 e. The van der Waals surface area contributed by atoms with Gasteiger partial charge in [0, 0.05) is 5.69 Å². The summed E-state index contributed by atoms with van der Waals surface area (Å²) in [6, 6.07) is 5.73. The van der Waals surface area contributed by atoms with Crippen molar-refractivity contribution in [1.29, 1.82) is 0 Å². The van der Waals surface area contributed by atoms with Gasteiger partial charge in [0.25, 0.3) is 5.91 Å². The maximum Gasteiger partial charge on any atom is 0.342 e. The molecule has 3 N–H and O–H groups in total. The standard InChI is InChI=1S/C17H20N4O3/c1-9-5-6-10(2)13(7-9)21-14(22)8-24-16(23)15-11(3)19-17(18)20-12(15)4/h5-7H,8H2,1-4H3,(H,21,22)(H2,18,19,20). The number of nitrogens with one attached hydrogen (secondary N) is 1. The van der Waals surface area contributed by atoms with Crippen LogP contribution in [0.2, 0.25) is 0 Å². The lowest BCUT2D eigenvalue weighted by Crippen LogP contribution is -2.22. The molecule has 0 aliphatic carbocycles. The molecule has 1 amide bonds. The molecular formula is C17H20N4O3. The Morgan fingerprint density at radius 3 is 2.38 bits per heavy atom. The first-order chi connectivity index (χ1) is 11.3. The van der Waals surface area contributed by atoms with Gasteiger partial charge in [-0.05, 0) is 44.9 Å². The van der Waals surface area contributed by atoms with Crippen LogP contribution < -0.4 is 11.1 Å². The van der Waals surface area contributed by atoms with Gasteiger partial charge in [0.2, 0.25) is 5.95 Å². The van der Waals surface area contributed by atoms with Gasteiger partial charge < -0.3 is 15.8 Å². The van der Waals surface area contributed by atoms with Gasteiger partial charge in [0.15, 0.2) is 6.61 Å². The molecular weight excluding hydrogens is 308 g/mol. The average Bonchev–Trinajstić information content (AvgIpc) is 2.48. The van der Waals surface area contributed by atoms with Crippen molar-refractivity contribution in [3.8, 4) is 0 Å². The molecule has 0 atom stereocenters. The first-order valence-corrected chi connectivity index (χ1v) is 7.43. The first kappa shape index (κ1) is 17.4. The third kappa shape index (κ3) is 4.07. The number of benzene rings is 1. The Labute approximate surface area is 140 Å². The number of hydrogen-bond donors (Lipinski definition) is 2. The maximum absolute atomic E-state index is 12.2. The number of hydrogen-bond acceptors (Lipinski definition) is 6. The van der Waals surface area contributed by atoms with Crippen LogP contribution in [0.4, 0.5) is 11.6 Å². The largest absolute Gasteiger partial charge is 0.452 e. The second-order valence-corrected chi connectivity index (χ2v) is 5.57. The van der Waals surface area contributed by atoms with Gasteiger partial charge in [-0.15, -0.1) is 0 Å². The van der Waals surface area contributed by atoms with E-state index in [9.17, 15) is 9.59 Å². The fraction of sp³-hybridized carbons (Fsp3) is 0.294. The molecule has 2 aromatic rings. The van der Waals surface area contributed by atoms with Crippen LogP contribution in [0.25, 0.3) is 0 Å². The molecule has 126 valence electrons. The van der Waals surface area contributed by atoms with Crippen LogP contribution >= 0.6 is 0 Å². The van der Waals surface area contributed by atoms with E-state index in [4.69, 9.17) is 10.5 Å². The molecule has 0 spiro atoms. The molecule has 0 saturated heterocycles. The number of nitrogens with zero attached hydrogens (tertiary/aromatic N) is 2. The molecule has 24 heavy (non-hydrogen) atoms. The molecule has 0 bridgehead atoms. The zero-order chi connectivity index (χ0) is 17.9. The molecule has 0 aliphatic heterocycles. The summed E-state index contributed by atoms with van der Waals surface area (Å²) in [5.74, 6) is -0.973. The average molecular weight is 328 g/mol. The van der Waals surface area contributed by atoms with E-state index in [1.807, 2.05) is 32.0 Å². The van der Waals surface area contributed by atoms with Gasteiger partial charge in [-0.2, -0.15) is 0 Å². The molecule has 1 aromatic carbocycles. The number of ether oxygens (including phenoxy) is 1. The van der Waals surface area contributed by atoms with Crippen LogP contribution in [0.1, 0.15) is 32.9 Å². The number of nitrogen functional groups attached to an aromatic ring is 1. The number of aryl methyl sites for hydroxylation is 4. The minimum atomic E-state index is -0.652. The number of carbonyl (C=O) groups is 2. The molecule has 0 saturated carbocycles. The van der Waals surface area contributed by atoms with E-state index in [-0.39, 0.29) is 11.5 Å². The summed E-state index contributed by atoms with van der Waals surface area (Å²) in [6.07, 6.45) is 0. The van der Waals surface area contributed by atoms with Gasteiger partial charge in [-0.25, -0.2) is 14.8 Å². The van der Waals surface area contributed by atoms with Crippen molar-refractivity contribution in [3.63, 3.8) is 0 Å². The maximum atomic E-state index is 12.2. The number of rotatable bonds is 4. The molecule has 7 heteroatoms. The number of nitrogens with two attached hydrogens (primary N) is 1. The van der Waals surface area contributed by atoms with Gasteiger partial charge in [0.1, 0.15) is 5.56 Å². The summed E-state index contributed by atoms with van der Waals surface area (Å²) in [4.78, 5) is 32.0. The van der Waals surface area contributed by atoms with Crippen LogP contribution in [0.15, 0.2) is 18.2 Å². The van der Waals surface area contributed by atoms with Crippen LogP contribution in [0, 0.1) is 27.7 Å². The lowest BCUT2D eigenvalue weighted by Gasteiger charge is -2.11. The highest BCUT2D eigenvalue weighted by Gasteiger charge is 2.18. The Morgan fingerprint density at radius 1 is 1.12 bits per heavy atom. The van der Waals surface area contributed by atoms with Gasteiger partial charge in [0.05, 0.1) is 11.4 Å². The molecule has 1 aromatic heterocycles. The Kier molecular flexibility index (Phi) is 5.13. The normalized spacial score (nSPS) is 10.3. The second-order valence-electron chi connectivity index (χ2n) is 5.57. The minimum Gasteiger partial charge on any atom is -0.452 e. The lowest BCUT2D eigenvalue weighted by atomic mass is 10.1. The molecule has 2 rings (SSSR count). The van der Waals surface area contributed by atoms with Crippen LogP contribution in [0.5, 0.6) is 0 Å². The highest BCUT2D eigenvalue weighted by atomic mass is 16.5. The molecule has 1 heterocycles. The van der Waals surface area contributed by atoms with Gasteiger partial charge in [-0.1, -0.05) is 12.1 Å². The van der Waals surface area contributed by atoms with Crippen LogP contribution in [0.3, 0.4) is 0 Å². The van der Waals surface area contributed by atoms with E-state index < -0.39 is 18.5 Å². The minimum absolute atomic E-state index is 0.0919. The van der Waals surface area contributed by atoms with E-state index in [0.29, 0.717) is 17.1 Å². The Balaban J connectivity index is 2.02. The van der Waals surface area contributed by atoms with E-state index in [1.54, 1.807) is 13.8 Å². The van der Waals surface area contributed by atoms with E-state index in [2.05, 4.69) is 15.3 Å². The highest BCUT2D eigenvalue weighted by Crippen LogP contribution is 2.16. The Morgan fingerprint density at radius 2 is 1.75 bits per heavy atom. The van der Waals surface area contributed by atoms with E-state index in [1.165, 1.54) is 0 Å². The molecule has 7 nitrogen and oxygen atoms in total. The van der Waals surface area contributed by atoms with E-state index >= 15 is 0 Å². The summed E-state index contributed by atoms with van der Waals surface area (Å²) in [7, 11) is 0. The van der Waals surface area contributed by atoms with Crippen molar-refractivity contribution in [2.24, 2.45) is 0 Å². The third-order valence-corrected chi connectivity index (χ3v) is 3.49.